The highest BCUT2D eigenvalue weighted by atomic mass is 35.5. The van der Waals surface area contributed by atoms with Crippen LogP contribution in [0.2, 0.25) is 5.02 Å². The highest BCUT2D eigenvalue weighted by Crippen LogP contribution is 2.35. The third-order valence-electron chi connectivity index (χ3n) is 9.21. The number of benzene rings is 2. The summed E-state index contributed by atoms with van der Waals surface area (Å²) >= 11 is 6.15. The molecule has 1 saturated carbocycles. The monoisotopic (exact) mass is 641 g/mol. The highest BCUT2D eigenvalue weighted by Gasteiger charge is 2.40. The molecule has 3 heterocycles. The van der Waals surface area contributed by atoms with E-state index in [1.54, 1.807) is 30.3 Å². The predicted octanol–water partition coefficient (Wildman–Crippen LogP) is 4.05. The number of ether oxygens (including phenoxy) is 1. The number of anilines is 1. The number of carbonyl (C=O) groups is 3. The molecule has 238 valence electrons. The summed E-state index contributed by atoms with van der Waals surface area (Å²) in [6.07, 6.45) is 3.68. The van der Waals surface area contributed by atoms with Gasteiger partial charge in [0.05, 0.1) is 22.6 Å². The second-order valence-corrected chi connectivity index (χ2v) is 12.5. The number of hydrogen-bond acceptors (Lipinski definition) is 9. The molecule has 1 aromatic heterocycles. The smallest absolute Gasteiger partial charge is 0.269 e. The summed E-state index contributed by atoms with van der Waals surface area (Å²) in [4.78, 5) is 44.0. The Morgan fingerprint density at radius 2 is 1.70 bits per heavy atom. The van der Waals surface area contributed by atoms with Gasteiger partial charge in [0.1, 0.15) is 11.8 Å². The van der Waals surface area contributed by atoms with Crippen molar-refractivity contribution in [2.24, 2.45) is 5.73 Å². The topological polar surface area (TPSA) is 146 Å². The zero-order valence-electron chi connectivity index (χ0n) is 25.5. The van der Waals surface area contributed by atoms with Gasteiger partial charge in [-0.1, -0.05) is 35.9 Å². The van der Waals surface area contributed by atoms with Gasteiger partial charge in [0.2, 0.25) is 11.8 Å². The van der Waals surface area contributed by atoms with Crippen LogP contribution in [0, 0.1) is 11.3 Å². The van der Waals surface area contributed by atoms with E-state index >= 15 is 0 Å². The number of piperidine rings is 1. The van der Waals surface area contributed by atoms with E-state index in [0.29, 0.717) is 42.0 Å². The summed E-state index contributed by atoms with van der Waals surface area (Å²) in [5, 5.41) is 17.5. The van der Waals surface area contributed by atoms with Crippen LogP contribution in [0.25, 0.3) is 0 Å². The normalized spacial score (nSPS) is 22.4. The number of imide groups is 1. The minimum atomic E-state index is -0.592. The van der Waals surface area contributed by atoms with Gasteiger partial charge in [0.25, 0.3) is 5.91 Å². The molecule has 6 rings (SSSR count). The molecule has 46 heavy (non-hydrogen) atoms. The van der Waals surface area contributed by atoms with Gasteiger partial charge in [-0.2, -0.15) is 5.26 Å². The van der Waals surface area contributed by atoms with Crippen LogP contribution in [0.3, 0.4) is 0 Å². The Hall–Kier alpha value is -4.53. The van der Waals surface area contributed by atoms with Crippen LogP contribution < -0.4 is 15.4 Å². The molecule has 1 aliphatic carbocycles. The fourth-order valence-corrected chi connectivity index (χ4v) is 6.86. The van der Waals surface area contributed by atoms with E-state index in [-0.39, 0.29) is 35.6 Å². The second-order valence-electron chi connectivity index (χ2n) is 12.1. The fraction of sp³-hybridized carbons (Fsp3) is 0.412. The Morgan fingerprint density at radius 1 is 0.957 bits per heavy atom. The van der Waals surface area contributed by atoms with Crippen molar-refractivity contribution in [3.63, 3.8) is 0 Å². The SMILES string of the molecule is N#Cc1ccc(OC2CCC(N3C(=O)CCC(c4ccc(CN5CCN(c6ccc(C(N)=O)nn6)CC5)cc4)C3=O)CC2)cc1Cl. The van der Waals surface area contributed by atoms with Gasteiger partial charge < -0.3 is 15.4 Å². The maximum Gasteiger partial charge on any atom is 0.269 e. The van der Waals surface area contributed by atoms with Crippen molar-refractivity contribution in [3.05, 3.63) is 82.0 Å². The van der Waals surface area contributed by atoms with Gasteiger partial charge in [-0.25, -0.2) is 0 Å². The molecule has 0 radical (unpaired) electrons. The van der Waals surface area contributed by atoms with Crippen LogP contribution >= 0.6 is 11.6 Å². The van der Waals surface area contributed by atoms with Crippen molar-refractivity contribution >= 4 is 35.1 Å². The maximum absolute atomic E-state index is 13.7. The van der Waals surface area contributed by atoms with Crippen LogP contribution in [0.4, 0.5) is 5.82 Å². The Bertz CT molecular complexity index is 1630. The molecule has 2 aromatic carbocycles. The van der Waals surface area contributed by atoms with Crippen LogP contribution in [-0.2, 0) is 16.1 Å². The van der Waals surface area contributed by atoms with Gasteiger partial charge in [0.15, 0.2) is 11.5 Å². The van der Waals surface area contributed by atoms with Crippen molar-refractivity contribution in [3.8, 4) is 11.8 Å². The number of aromatic nitrogens is 2. The van der Waals surface area contributed by atoms with E-state index in [9.17, 15) is 14.4 Å². The fourth-order valence-electron chi connectivity index (χ4n) is 6.64. The van der Waals surface area contributed by atoms with Crippen LogP contribution in [-0.4, -0.2) is 76.0 Å². The first-order valence-electron chi connectivity index (χ1n) is 15.7. The zero-order chi connectivity index (χ0) is 32.2. The standard InChI is InChI=1S/C34H36ClN7O4/c35-29-19-27(8-5-24(29)20-36)46-26-9-6-25(7-10-26)42-32(43)14-11-28(34(42)45)23-3-1-22(2-4-23)21-40-15-17-41(18-16-40)31-13-12-30(33(37)44)38-39-31/h1-5,8,12-13,19,25-26,28H,6-7,9-11,14-18,21H2,(H2,37,44). The lowest BCUT2D eigenvalue weighted by molar-refractivity contribution is -0.153. The first-order chi connectivity index (χ1) is 22.3. The van der Waals surface area contributed by atoms with E-state index in [1.165, 1.54) is 10.5 Å². The molecule has 12 heteroatoms. The van der Waals surface area contributed by atoms with Crippen molar-refractivity contribution < 1.29 is 19.1 Å². The number of likely N-dealkylation sites (tertiary alicyclic amines) is 1. The van der Waals surface area contributed by atoms with E-state index in [0.717, 1.165) is 56.9 Å². The summed E-state index contributed by atoms with van der Waals surface area (Å²) in [6.45, 7) is 4.09. The number of nitrogens with two attached hydrogens (primary N) is 1. The average Bonchev–Trinajstić information content (AvgIpc) is 3.07. The number of carbonyl (C=O) groups excluding carboxylic acids is 3. The number of halogens is 1. The van der Waals surface area contributed by atoms with E-state index < -0.39 is 5.91 Å². The van der Waals surface area contributed by atoms with Gasteiger partial charge in [-0.15, -0.1) is 10.2 Å². The van der Waals surface area contributed by atoms with E-state index in [4.69, 9.17) is 27.3 Å². The molecule has 1 unspecified atom stereocenters. The first-order valence-corrected chi connectivity index (χ1v) is 16.1. The molecule has 2 saturated heterocycles. The van der Waals surface area contributed by atoms with Crippen LogP contribution in [0.15, 0.2) is 54.6 Å². The lowest BCUT2D eigenvalue weighted by atomic mass is 9.85. The van der Waals surface area contributed by atoms with Crippen molar-refractivity contribution in [2.75, 3.05) is 31.1 Å². The Balaban J connectivity index is 1.00. The van der Waals surface area contributed by atoms with E-state index in [1.807, 2.05) is 18.2 Å². The van der Waals surface area contributed by atoms with Crippen molar-refractivity contribution in [1.82, 2.24) is 20.0 Å². The molecule has 11 nitrogen and oxygen atoms in total. The van der Waals surface area contributed by atoms with Crippen molar-refractivity contribution in [1.29, 1.82) is 5.26 Å². The number of nitrogens with zero attached hydrogens (tertiary/aromatic N) is 6. The summed E-state index contributed by atoms with van der Waals surface area (Å²) in [5.41, 5.74) is 7.94. The van der Waals surface area contributed by atoms with Crippen LogP contribution in [0.1, 0.15) is 71.6 Å². The first kappa shape index (κ1) is 31.5. The molecule has 0 spiro atoms. The summed E-state index contributed by atoms with van der Waals surface area (Å²) in [6, 6.07) is 18.6. The van der Waals surface area contributed by atoms with Gasteiger partial charge in [-0.3, -0.25) is 24.2 Å². The number of hydrogen-bond donors (Lipinski definition) is 1. The van der Waals surface area contributed by atoms with Crippen molar-refractivity contribution in [2.45, 2.75) is 63.1 Å². The molecular formula is C34H36ClN7O4. The van der Waals surface area contributed by atoms with Crippen LogP contribution in [0.5, 0.6) is 5.75 Å². The quantitative estimate of drug-likeness (QED) is 0.360. The number of amides is 3. The summed E-state index contributed by atoms with van der Waals surface area (Å²) in [7, 11) is 0. The molecular weight excluding hydrogens is 606 g/mol. The van der Waals surface area contributed by atoms with Gasteiger partial charge >= 0.3 is 0 Å². The molecule has 3 aromatic rings. The molecule has 3 amide bonds. The number of primary amides is 1. The zero-order valence-corrected chi connectivity index (χ0v) is 26.2. The molecule has 3 fully saturated rings. The lowest BCUT2D eigenvalue weighted by Crippen LogP contribution is -2.51. The third kappa shape index (κ3) is 6.98. The summed E-state index contributed by atoms with van der Waals surface area (Å²) < 4.78 is 6.11. The number of piperazine rings is 1. The Labute approximate surface area is 272 Å². The highest BCUT2D eigenvalue weighted by molar-refractivity contribution is 6.31. The summed E-state index contributed by atoms with van der Waals surface area (Å²) in [5.74, 6) is 0.240. The van der Waals surface area contributed by atoms with E-state index in [2.05, 4.69) is 32.1 Å². The second kappa shape index (κ2) is 13.8. The predicted molar refractivity (Wildman–Crippen MR) is 171 cm³/mol. The third-order valence-corrected chi connectivity index (χ3v) is 9.52. The minimum Gasteiger partial charge on any atom is -0.490 e. The maximum atomic E-state index is 13.7. The molecule has 3 aliphatic rings. The number of nitriles is 1. The molecule has 2 N–H and O–H groups in total. The van der Waals surface area contributed by atoms with Gasteiger partial charge in [-0.05, 0) is 67.5 Å². The lowest BCUT2D eigenvalue weighted by Gasteiger charge is -2.40. The Morgan fingerprint density at radius 3 is 2.33 bits per heavy atom. The molecule has 1 atom stereocenters. The minimum absolute atomic E-state index is 0.0370. The largest absolute Gasteiger partial charge is 0.490 e. The molecule has 2 aliphatic heterocycles. The van der Waals surface area contributed by atoms with Gasteiger partial charge in [0, 0.05) is 51.3 Å². The number of rotatable bonds is 8. The molecule has 0 bridgehead atoms. The average molecular weight is 642 g/mol. The Kier molecular flexibility index (Phi) is 9.47.